The van der Waals surface area contributed by atoms with Gasteiger partial charge in [-0.3, -0.25) is 0 Å². The summed E-state index contributed by atoms with van der Waals surface area (Å²) in [6.07, 6.45) is 2.78. The molecule has 1 aromatic heterocycles. The predicted molar refractivity (Wildman–Crippen MR) is 53.7 cm³/mol. The average Bonchev–Trinajstić information content (AvgIpc) is 2.76. The van der Waals surface area contributed by atoms with Crippen LogP contribution in [0.4, 0.5) is 0 Å². The van der Waals surface area contributed by atoms with Crippen molar-refractivity contribution in [2.45, 2.75) is 39.5 Å². The summed E-state index contributed by atoms with van der Waals surface area (Å²) in [6.45, 7) is 6.61. The van der Waals surface area contributed by atoms with Crippen LogP contribution < -0.4 is 0 Å². The molecule has 1 heteroatoms. The lowest BCUT2D eigenvalue weighted by Crippen LogP contribution is -2.07. The Hall–Kier alpha value is -0.720. The fraction of sp³-hybridized carbons (Fsp3) is 0.667. The Kier molecular flexibility index (Phi) is 2.19. The lowest BCUT2D eigenvalue weighted by atomic mass is 9.89. The normalized spacial score (nSPS) is 19.4. The Morgan fingerprint density at radius 2 is 2.00 bits per heavy atom. The maximum atomic E-state index is 5.71. The molecule has 0 bridgehead atoms. The first kappa shape index (κ1) is 8.86. The summed E-state index contributed by atoms with van der Waals surface area (Å²) in [7, 11) is 0. The van der Waals surface area contributed by atoms with Gasteiger partial charge in [0.15, 0.2) is 0 Å². The second-order valence-corrected chi connectivity index (χ2v) is 4.56. The Morgan fingerprint density at radius 1 is 1.31 bits per heavy atom. The van der Waals surface area contributed by atoms with Crippen molar-refractivity contribution in [3.05, 3.63) is 23.7 Å². The Morgan fingerprint density at radius 3 is 2.38 bits per heavy atom. The summed E-state index contributed by atoms with van der Waals surface area (Å²) >= 11 is 0. The van der Waals surface area contributed by atoms with Crippen molar-refractivity contribution >= 4 is 0 Å². The van der Waals surface area contributed by atoms with E-state index in [-0.39, 0.29) is 0 Å². The lowest BCUT2D eigenvalue weighted by molar-refractivity contribution is 0.357. The molecule has 0 spiro atoms. The minimum Gasteiger partial charge on any atom is -0.466 e. The molecule has 1 aromatic rings. The van der Waals surface area contributed by atoms with Gasteiger partial charge >= 0.3 is 0 Å². The monoisotopic (exact) mass is 178 g/mol. The van der Waals surface area contributed by atoms with Gasteiger partial charge in [0, 0.05) is 5.92 Å². The first-order chi connectivity index (χ1) is 6.18. The van der Waals surface area contributed by atoms with Crippen LogP contribution in [0.25, 0.3) is 0 Å². The molecule has 1 fully saturated rings. The molecule has 2 rings (SSSR count). The number of hydrogen-bond donors (Lipinski definition) is 0. The summed E-state index contributed by atoms with van der Waals surface area (Å²) in [6, 6.07) is 4.23. The minimum absolute atomic E-state index is 0.661. The van der Waals surface area contributed by atoms with Crippen LogP contribution in [-0.2, 0) is 0 Å². The highest BCUT2D eigenvalue weighted by molar-refractivity contribution is 5.14. The van der Waals surface area contributed by atoms with Crippen molar-refractivity contribution in [1.29, 1.82) is 0 Å². The van der Waals surface area contributed by atoms with Crippen LogP contribution in [0, 0.1) is 18.8 Å². The molecular formula is C12H18O. The van der Waals surface area contributed by atoms with Crippen molar-refractivity contribution < 1.29 is 4.42 Å². The first-order valence-corrected chi connectivity index (χ1v) is 5.25. The number of aryl methyl sites for hydroxylation is 1. The van der Waals surface area contributed by atoms with Crippen LogP contribution in [0.2, 0.25) is 0 Å². The third kappa shape index (κ3) is 1.79. The van der Waals surface area contributed by atoms with Gasteiger partial charge in [0.2, 0.25) is 0 Å². The van der Waals surface area contributed by atoms with Crippen molar-refractivity contribution in [3.8, 4) is 0 Å². The summed E-state index contributed by atoms with van der Waals surface area (Å²) in [5, 5.41) is 0. The quantitative estimate of drug-likeness (QED) is 0.687. The molecular weight excluding hydrogens is 160 g/mol. The molecule has 0 amide bonds. The highest BCUT2D eigenvalue weighted by Crippen LogP contribution is 2.46. The molecule has 0 saturated heterocycles. The topological polar surface area (TPSA) is 13.1 Å². The zero-order valence-electron chi connectivity index (χ0n) is 8.71. The lowest BCUT2D eigenvalue weighted by Gasteiger charge is -2.17. The van der Waals surface area contributed by atoms with E-state index in [0.29, 0.717) is 11.8 Å². The van der Waals surface area contributed by atoms with Gasteiger partial charge in [-0.2, -0.15) is 0 Å². The SMILES string of the molecule is Cc1ccc(C(C(C)C)C2CC2)o1. The van der Waals surface area contributed by atoms with Gasteiger partial charge < -0.3 is 4.42 Å². The van der Waals surface area contributed by atoms with E-state index in [0.717, 1.165) is 11.7 Å². The molecule has 1 atom stereocenters. The van der Waals surface area contributed by atoms with Crippen LogP contribution in [0.5, 0.6) is 0 Å². The molecule has 1 aliphatic carbocycles. The van der Waals surface area contributed by atoms with Crippen LogP contribution in [0.15, 0.2) is 16.5 Å². The smallest absolute Gasteiger partial charge is 0.107 e. The standard InChI is InChI=1S/C12H18O/c1-8(2)12(10-5-6-10)11-7-4-9(3)13-11/h4,7-8,10,12H,5-6H2,1-3H3. The van der Waals surface area contributed by atoms with E-state index in [1.54, 1.807) is 0 Å². The van der Waals surface area contributed by atoms with Gasteiger partial charge in [-0.15, -0.1) is 0 Å². The van der Waals surface area contributed by atoms with Crippen LogP contribution >= 0.6 is 0 Å². The zero-order valence-corrected chi connectivity index (χ0v) is 8.71. The summed E-state index contributed by atoms with van der Waals surface area (Å²) in [4.78, 5) is 0. The first-order valence-electron chi connectivity index (χ1n) is 5.25. The van der Waals surface area contributed by atoms with Gasteiger partial charge in [0.25, 0.3) is 0 Å². The highest BCUT2D eigenvalue weighted by atomic mass is 16.3. The number of rotatable bonds is 3. The van der Waals surface area contributed by atoms with E-state index >= 15 is 0 Å². The average molecular weight is 178 g/mol. The number of furan rings is 1. The third-order valence-corrected chi connectivity index (χ3v) is 2.94. The van der Waals surface area contributed by atoms with E-state index in [9.17, 15) is 0 Å². The van der Waals surface area contributed by atoms with E-state index in [1.165, 1.54) is 18.6 Å². The van der Waals surface area contributed by atoms with E-state index in [4.69, 9.17) is 4.42 Å². The second-order valence-electron chi connectivity index (χ2n) is 4.56. The zero-order chi connectivity index (χ0) is 9.42. The van der Waals surface area contributed by atoms with Gasteiger partial charge in [0.1, 0.15) is 11.5 Å². The molecule has 1 unspecified atom stereocenters. The summed E-state index contributed by atoms with van der Waals surface area (Å²) in [5.41, 5.74) is 0. The number of hydrogen-bond acceptors (Lipinski definition) is 1. The molecule has 1 heterocycles. The van der Waals surface area contributed by atoms with Gasteiger partial charge in [-0.25, -0.2) is 0 Å². The molecule has 1 saturated carbocycles. The molecule has 0 radical (unpaired) electrons. The molecule has 0 N–H and O–H groups in total. The molecule has 13 heavy (non-hydrogen) atoms. The maximum Gasteiger partial charge on any atom is 0.107 e. The maximum absolute atomic E-state index is 5.71. The van der Waals surface area contributed by atoms with Crippen LogP contribution in [0.1, 0.15) is 44.1 Å². The molecule has 0 aromatic carbocycles. The second kappa shape index (κ2) is 3.21. The predicted octanol–water partition coefficient (Wildman–Crippen LogP) is 3.74. The molecule has 1 nitrogen and oxygen atoms in total. The highest BCUT2D eigenvalue weighted by Gasteiger charge is 2.35. The van der Waals surface area contributed by atoms with E-state index in [2.05, 4.69) is 26.0 Å². The van der Waals surface area contributed by atoms with Crippen molar-refractivity contribution in [3.63, 3.8) is 0 Å². The molecule has 72 valence electrons. The van der Waals surface area contributed by atoms with E-state index in [1.807, 2.05) is 6.92 Å². The van der Waals surface area contributed by atoms with Crippen molar-refractivity contribution in [2.75, 3.05) is 0 Å². The van der Waals surface area contributed by atoms with Crippen LogP contribution in [0.3, 0.4) is 0 Å². The summed E-state index contributed by atoms with van der Waals surface area (Å²) in [5.74, 6) is 4.51. The third-order valence-electron chi connectivity index (χ3n) is 2.94. The van der Waals surface area contributed by atoms with E-state index < -0.39 is 0 Å². The van der Waals surface area contributed by atoms with Gasteiger partial charge in [-0.05, 0) is 43.7 Å². The van der Waals surface area contributed by atoms with Crippen molar-refractivity contribution in [2.24, 2.45) is 11.8 Å². The Labute approximate surface area is 80.1 Å². The molecule has 1 aliphatic rings. The van der Waals surface area contributed by atoms with Gasteiger partial charge in [-0.1, -0.05) is 13.8 Å². The Bertz CT molecular complexity index is 279. The minimum atomic E-state index is 0.661. The van der Waals surface area contributed by atoms with Gasteiger partial charge in [0.05, 0.1) is 0 Å². The van der Waals surface area contributed by atoms with Crippen molar-refractivity contribution in [1.82, 2.24) is 0 Å². The molecule has 0 aliphatic heterocycles. The fourth-order valence-corrected chi connectivity index (χ4v) is 2.19. The largest absolute Gasteiger partial charge is 0.466 e. The Balaban J connectivity index is 2.19. The fourth-order valence-electron chi connectivity index (χ4n) is 2.19. The van der Waals surface area contributed by atoms with Crippen LogP contribution in [-0.4, -0.2) is 0 Å². The summed E-state index contributed by atoms with van der Waals surface area (Å²) < 4.78 is 5.71.